The molecule has 2 heterocycles. The van der Waals surface area contributed by atoms with Gasteiger partial charge in [-0.2, -0.15) is 9.36 Å². The van der Waals surface area contributed by atoms with E-state index < -0.39 is 0 Å². The van der Waals surface area contributed by atoms with Crippen molar-refractivity contribution in [2.45, 2.75) is 6.92 Å². The molecule has 0 radical (unpaired) electrons. The van der Waals surface area contributed by atoms with E-state index in [1.165, 1.54) is 0 Å². The summed E-state index contributed by atoms with van der Waals surface area (Å²) in [6.45, 7) is 1.88. The molecule has 0 bridgehead atoms. The maximum Gasteiger partial charge on any atom is 0.257 e. The highest BCUT2D eigenvalue weighted by Gasteiger charge is 2.18. The summed E-state index contributed by atoms with van der Waals surface area (Å²) in [5.41, 5.74) is 2.60. The van der Waals surface area contributed by atoms with E-state index in [-0.39, 0.29) is 5.91 Å². The van der Waals surface area contributed by atoms with E-state index in [4.69, 9.17) is 16.3 Å². The van der Waals surface area contributed by atoms with Crippen LogP contribution in [0, 0.1) is 6.92 Å². The van der Waals surface area contributed by atoms with E-state index in [2.05, 4.69) is 25.0 Å². The molecule has 8 nitrogen and oxygen atoms in total. The summed E-state index contributed by atoms with van der Waals surface area (Å²) in [6.07, 6.45) is 0. The third-order valence-corrected chi connectivity index (χ3v) is 5.02. The molecule has 0 unspecified atom stereocenters. The number of rotatable bonds is 5. The molecule has 1 amide bonds. The lowest BCUT2D eigenvalue weighted by atomic mass is 10.2. The molecule has 0 fully saturated rings. The van der Waals surface area contributed by atoms with Crippen molar-refractivity contribution in [2.24, 2.45) is 0 Å². The van der Waals surface area contributed by atoms with Crippen LogP contribution < -0.4 is 10.1 Å². The Morgan fingerprint density at radius 2 is 2.00 bits per heavy atom. The lowest BCUT2D eigenvalue weighted by Crippen LogP contribution is -2.11. The van der Waals surface area contributed by atoms with Gasteiger partial charge in [-0.05, 0) is 49.4 Å². The number of ether oxygens (including phenoxy) is 1. The Kier molecular flexibility index (Phi) is 5.24. The molecule has 0 spiro atoms. The quantitative estimate of drug-likeness (QED) is 0.518. The number of hydrogen-bond acceptors (Lipinski definition) is 7. The van der Waals surface area contributed by atoms with Crippen LogP contribution in [0.1, 0.15) is 16.1 Å². The molecule has 4 rings (SSSR count). The highest BCUT2D eigenvalue weighted by molar-refractivity contribution is 7.10. The number of methoxy groups -OCH3 is 1. The summed E-state index contributed by atoms with van der Waals surface area (Å²) in [5, 5.41) is 12.0. The Bertz CT molecular complexity index is 1170. The molecule has 0 aliphatic carbocycles. The third-order valence-electron chi connectivity index (χ3n) is 4.16. The first-order chi connectivity index (χ1) is 14.0. The van der Waals surface area contributed by atoms with Gasteiger partial charge < -0.3 is 4.74 Å². The molecular weight excluding hydrogens is 412 g/mol. The van der Waals surface area contributed by atoms with Crippen molar-refractivity contribution in [2.75, 3.05) is 12.4 Å². The number of anilines is 1. The van der Waals surface area contributed by atoms with E-state index >= 15 is 0 Å². The van der Waals surface area contributed by atoms with Gasteiger partial charge in [0.25, 0.3) is 5.91 Å². The van der Waals surface area contributed by atoms with Crippen molar-refractivity contribution in [3.05, 3.63) is 64.8 Å². The van der Waals surface area contributed by atoms with Crippen molar-refractivity contribution in [1.29, 1.82) is 0 Å². The van der Waals surface area contributed by atoms with E-state index in [0.29, 0.717) is 27.2 Å². The van der Waals surface area contributed by atoms with Crippen LogP contribution >= 0.6 is 23.1 Å². The number of halogens is 1. The second-order valence-corrected chi connectivity index (χ2v) is 7.21. The molecule has 4 aromatic rings. The van der Waals surface area contributed by atoms with Crippen LogP contribution in [0.4, 0.5) is 5.13 Å². The summed E-state index contributed by atoms with van der Waals surface area (Å²) in [6, 6.07) is 14.1. The zero-order valence-electron chi connectivity index (χ0n) is 15.5. The minimum absolute atomic E-state index is 0.311. The van der Waals surface area contributed by atoms with Crippen LogP contribution in [0.5, 0.6) is 5.75 Å². The van der Waals surface area contributed by atoms with Crippen LogP contribution in [0.15, 0.2) is 48.5 Å². The van der Waals surface area contributed by atoms with E-state index in [0.717, 1.165) is 28.7 Å². The van der Waals surface area contributed by atoms with Gasteiger partial charge in [0, 0.05) is 22.1 Å². The smallest absolute Gasteiger partial charge is 0.257 e. The van der Waals surface area contributed by atoms with Crippen molar-refractivity contribution >= 4 is 34.2 Å². The topological polar surface area (TPSA) is 94.8 Å². The van der Waals surface area contributed by atoms with E-state index in [1.54, 1.807) is 36.1 Å². The van der Waals surface area contributed by atoms with Crippen LogP contribution in [0.25, 0.3) is 17.2 Å². The summed E-state index contributed by atoms with van der Waals surface area (Å²) >= 11 is 7.00. The number of nitrogens with zero attached hydrogens (tertiary/aromatic N) is 5. The lowest BCUT2D eigenvalue weighted by Gasteiger charge is -2.04. The van der Waals surface area contributed by atoms with Crippen molar-refractivity contribution in [3.8, 4) is 23.0 Å². The molecule has 0 aliphatic heterocycles. The number of hydrogen-bond donors (Lipinski definition) is 1. The number of carbonyl (C=O) groups excluding carboxylic acids is 1. The average molecular weight is 427 g/mol. The summed E-state index contributed by atoms with van der Waals surface area (Å²) in [4.78, 5) is 16.7. The minimum Gasteiger partial charge on any atom is -0.497 e. The number of carbonyl (C=O) groups is 1. The largest absolute Gasteiger partial charge is 0.497 e. The fourth-order valence-electron chi connectivity index (χ4n) is 2.67. The fourth-order valence-corrected chi connectivity index (χ4v) is 3.43. The van der Waals surface area contributed by atoms with Gasteiger partial charge in [0.15, 0.2) is 11.5 Å². The number of nitrogens with one attached hydrogen (secondary N) is 1. The SMILES string of the molecule is COc1ccc(-n2nnc(-c3nsc(NC(=O)c4cccc(Cl)c4)n3)c2C)cc1. The summed E-state index contributed by atoms with van der Waals surface area (Å²) in [5.74, 6) is 0.843. The van der Waals surface area contributed by atoms with Crippen LogP contribution in [-0.2, 0) is 0 Å². The second-order valence-electron chi connectivity index (χ2n) is 6.02. The second kappa shape index (κ2) is 7.98. The molecular formula is C19H15ClN6O2S. The first kappa shape index (κ1) is 19.0. The fraction of sp³-hybridized carbons (Fsp3) is 0.105. The molecule has 2 aromatic heterocycles. The maximum absolute atomic E-state index is 12.3. The molecule has 29 heavy (non-hydrogen) atoms. The normalized spacial score (nSPS) is 10.7. The maximum atomic E-state index is 12.3. The average Bonchev–Trinajstić information content (AvgIpc) is 3.34. The highest BCUT2D eigenvalue weighted by atomic mass is 35.5. The number of benzene rings is 2. The Morgan fingerprint density at radius 1 is 1.21 bits per heavy atom. The third kappa shape index (κ3) is 3.96. The molecule has 0 saturated heterocycles. The predicted octanol–water partition coefficient (Wildman–Crippen LogP) is 4.01. The molecule has 0 atom stereocenters. The Hall–Kier alpha value is -3.30. The molecule has 0 aliphatic rings. The van der Waals surface area contributed by atoms with Gasteiger partial charge in [-0.3, -0.25) is 10.1 Å². The molecule has 2 aromatic carbocycles. The highest BCUT2D eigenvalue weighted by Crippen LogP contribution is 2.25. The van der Waals surface area contributed by atoms with Gasteiger partial charge in [0.05, 0.1) is 18.5 Å². The van der Waals surface area contributed by atoms with Crippen LogP contribution in [0.3, 0.4) is 0 Å². The van der Waals surface area contributed by atoms with Crippen LogP contribution in [0.2, 0.25) is 5.02 Å². The zero-order valence-corrected chi connectivity index (χ0v) is 17.0. The zero-order chi connectivity index (χ0) is 20.4. The first-order valence-electron chi connectivity index (χ1n) is 8.53. The molecule has 146 valence electrons. The summed E-state index contributed by atoms with van der Waals surface area (Å²) < 4.78 is 11.2. The van der Waals surface area contributed by atoms with Crippen molar-refractivity contribution < 1.29 is 9.53 Å². The van der Waals surface area contributed by atoms with Gasteiger partial charge in [0.1, 0.15) is 5.75 Å². The first-order valence-corrected chi connectivity index (χ1v) is 9.68. The number of aromatic nitrogens is 5. The van der Waals surface area contributed by atoms with Crippen molar-refractivity contribution in [1.82, 2.24) is 24.4 Å². The molecule has 1 N–H and O–H groups in total. The Morgan fingerprint density at radius 3 is 2.72 bits per heavy atom. The molecule has 10 heteroatoms. The van der Waals surface area contributed by atoms with E-state index in [1.807, 2.05) is 31.2 Å². The molecule has 0 saturated carbocycles. The van der Waals surface area contributed by atoms with E-state index in [9.17, 15) is 4.79 Å². The monoisotopic (exact) mass is 426 g/mol. The van der Waals surface area contributed by atoms with Crippen LogP contribution in [-0.4, -0.2) is 37.4 Å². The van der Waals surface area contributed by atoms with Crippen molar-refractivity contribution in [3.63, 3.8) is 0 Å². The minimum atomic E-state index is -0.311. The van der Waals surface area contributed by atoms with Gasteiger partial charge in [-0.15, -0.1) is 5.10 Å². The standard InChI is InChI=1S/C19H15ClN6O2S/c1-11-16(23-25-26(11)14-6-8-15(28-2)9-7-14)17-21-19(29-24-17)22-18(27)12-4-3-5-13(20)10-12/h3-10H,1-2H3,(H,21,22,24,27). The summed E-state index contributed by atoms with van der Waals surface area (Å²) in [7, 11) is 1.62. The Labute approximate surface area is 175 Å². The Balaban J connectivity index is 1.55. The lowest BCUT2D eigenvalue weighted by molar-refractivity contribution is 0.102. The number of amides is 1. The van der Waals surface area contributed by atoms with Gasteiger partial charge in [-0.25, -0.2) is 4.68 Å². The van der Waals surface area contributed by atoms with Gasteiger partial charge >= 0.3 is 0 Å². The van der Waals surface area contributed by atoms with Gasteiger partial charge in [0.2, 0.25) is 5.13 Å². The predicted molar refractivity (Wildman–Crippen MR) is 111 cm³/mol. The van der Waals surface area contributed by atoms with Gasteiger partial charge in [-0.1, -0.05) is 22.9 Å².